The summed E-state index contributed by atoms with van der Waals surface area (Å²) in [6, 6.07) is 0. The Balaban J connectivity index is 1.83. The second kappa shape index (κ2) is 7.25. The Labute approximate surface area is 152 Å². The number of aromatic nitrogens is 1. The van der Waals surface area contributed by atoms with E-state index >= 15 is 0 Å². The van der Waals surface area contributed by atoms with Gasteiger partial charge >= 0.3 is 0 Å². The average Bonchev–Trinajstić information content (AvgIpc) is 2.87. The monoisotopic (exact) mass is 354 g/mol. The molecule has 6 heteroatoms. The fourth-order valence-corrected chi connectivity index (χ4v) is 3.18. The van der Waals surface area contributed by atoms with E-state index in [9.17, 15) is 9.59 Å². The quantitative estimate of drug-likeness (QED) is 0.580. The highest BCUT2D eigenvalue weighted by Crippen LogP contribution is 2.33. The first kappa shape index (κ1) is 18.1. The number of nitrogens with zero attached hydrogens (tertiary/aromatic N) is 2. The van der Waals surface area contributed by atoms with Crippen LogP contribution in [0, 0.1) is 32.6 Å². The molecule has 0 saturated carbocycles. The van der Waals surface area contributed by atoms with E-state index in [4.69, 9.17) is 9.57 Å². The first-order valence-corrected chi connectivity index (χ1v) is 8.51. The largest absolute Gasteiger partial charge is 0.489 e. The molecule has 2 aliphatic rings. The van der Waals surface area contributed by atoms with E-state index in [0.29, 0.717) is 12.4 Å². The van der Waals surface area contributed by atoms with Crippen LogP contribution in [-0.2, 0) is 21.0 Å². The van der Waals surface area contributed by atoms with Crippen LogP contribution in [0.15, 0.2) is 37.0 Å². The SMILES string of the molecule is C=CCOc1c(C)c(C)nc(C)c1CON1C(=O)C2C=CC=CC2C1=O. The third-order valence-corrected chi connectivity index (χ3v) is 4.72. The molecule has 3 rings (SSSR count). The molecular weight excluding hydrogens is 332 g/mol. The van der Waals surface area contributed by atoms with Crippen LogP contribution in [0.1, 0.15) is 22.5 Å². The van der Waals surface area contributed by atoms with Gasteiger partial charge in [-0.2, -0.15) is 5.06 Å². The summed E-state index contributed by atoms with van der Waals surface area (Å²) in [5.41, 5.74) is 3.22. The van der Waals surface area contributed by atoms with Crippen molar-refractivity contribution in [2.45, 2.75) is 27.4 Å². The van der Waals surface area contributed by atoms with Crippen molar-refractivity contribution in [2.75, 3.05) is 6.61 Å². The molecule has 2 amide bonds. The summed E-state index contributed by atoms with van der Waals surface area (Å²) in [4.78, 5) is 35.1. The van der Waals surface area contributed by atoms with Crippen LogP contribution in [0.5, 0.6) is 5.75 Å². The lowest BCUT2D eigenvalue weighted by Gasteiger charge is -2.19. The van der Waals surface area contributed by atoms with Crippen molar-refractivity contribution in [1.82, 2.24) is 10.0 Å². The van der Waals surface area contributed by atoms with Gasteiger partial charge in [0, 0.05) is 22.5 Å². The van der Waals surface area contributed by atoms with Crippen LogP contribution in [0.25, 0.3) is 0 Å². The van der Waals surface area contributed by atoms with Crippen LogP contribution in [-0.4, -0.2) is 28.5 Å². The maximum absolute atomic E-state index is 12.5. The molecule has 1 aliphatic heterocycles. The molecular formula is C20H22N2O4. The van der Waals surface area contributed by atoms with Crippen LogP contribution in [0.2, 0.25) is 0 Å². The van der Waals surface area contributed by atoms with Gasteiger partial charge in [0.05, 0.1) is 11.8 Å². The first-order valence-electron chi connectivity index (χ1n) is 8.51. The lowest BCUT2D eigenvalue weighted by atomic mass is 9.91. The molecule has 0 bridgehead atoms. The van der Waals surface area contributed by atoms with Crippen molar-refractivity contribution in [2.24, 2.45) is 11.8 Å². The van der Waals surface area contributed by atoms with Gasteiger partial charge in [-0.3, -0.25) is 19.4 Å². The van der Waals surface area contributed by atoms with Crippen LogP contribution in [0.4, 0.5) is 0 Å². The number of allylic oxidation sites excluding steroid dienone is 2. The zero-order valence-corrected chi connectivity index (χ0v) is 15.2. The minimum Gasteiger partial charge on any atom is -0.489 e. The van der Waals surface area contributed by atoms with Gasteiger partial charge in [-0.1, -0.05) is 37.0 Å². The van der Waals surface area contributed by atoms with Crippen molar-refractivity contribution in [3.63, 3.8) is 0 Å². The number of carbonyl (C=O) groups excluding carboxylic acids is 2. The van der Waals surface area contributed by atoms with Gasteiger partial charge in [-0.25, -0.2) is 0 Å². The number of hydrogen-bond acceptors (Lipinski definition) is 5. The van der Waals surface area contributed by atoms with Crippen molar-refractivity contribution >= 4 is 11.8 Å². The smallest absolute Gasteiger partial charge is 0.261 e. The average molecular weight is 354 g/mol. The Hall–Kier alpha value is -2.73. The number of amides is 2. The molecule has 6 nitrogen and oxygen atoms in total. The molecule has 136 valence electrons. The fourth-order valence-electron chi connectivity index (χ4n) is 3.18. The molecule has 1 saturated heterocycles. The van der Waals surface area contributed by atoms with Gasteiger partial charge in [-0.15, -0.1) is 0 Å². The molecule has 0 N–H and O–H groups in total. The topological polar surface area (TPSA) is 68.7 Å². The molecule has 2 unspecified atom stereocenters. The Morgan fingerprint density at radius 1 is 1.12 bits per heavy atom. The number of imide groups is 1. The predicted molar refractivity (Wildman–Crippen MR) is 96.0 cm³/mol. The highest BCUT2D eigenvalue weighted by molar-refractivity contribution is 6.06. The Morgan fingerprint density at radius 3 is 2.31 bits per heavy atom. The van der Waals surface area contributed by atoms with Crippen molar-refractivity contribution in [1.29, 1.82) is 0 Å². The highest BCUT2D eigenvalue weighted by atomic mass is 16.7. The number of pyridine rings is 1. The lowest BCUT2D eigenvalue weighted by Crippen LogP contribution is -2.31. The van der Waals surface area contributed by atoms with Gasteiger partial charge in [0.25, 0.3) is 11.8 Å². The normalized spacial score (nSPS) is 21.3. The van der Waals surface area contributed by atoms with Gasteiger partial charge in [0.15, 0.2) is 0 Å². The van der Waals surface area contributed by atoms with E-state index in [0.717, 1.165) is 27.6 Å². The van der Waals surface area contributed by atoms with Crippen molar-refractivity contribution in [3.05, 3.63) is 59.5 Å². The van der Waals surface area contributed by atoms with E-state index in [1.165, 1.54) is 0 Å². The summed E-state index contributed by atoms with van der Waals surface area (Å²) < 4.78 is 5.79. The van der Waals surface area contributed by atoms with Gasteiger partial charge in [-0.05, 0) is 20.8 Å². The summed E-state index contributed by atoms with van der Waals surface area (Å²) in [6.07, 6.45) is 8.67. The molecule has 0 aromatic carbocycles. The maximum atomic E-state index is 12.5. The number of ether oxygens (including phenoxy) is 1. The standard InChI is InChI=1S/C20H22N2O4/c1-5-10-25-18-12(2)13(3)21-14(4)17(18)11-26-22-19(23)15-8-6-7-9-16(15)20(22)24/h5-9,15-16H,1,10-11H2,2-4H3. The highest BCUT2D eigenvalue weighted by Gasteiger charge is 2.46. The number of aryl methyl sites for hydroxylation is 2. The minimum atomic E-state index is -0.483. The van der Waals surface area contributed by atoms with Gasteiger partial charge in [0.1, 0.15) is 19.0 Å². The maximum Gasteiger partial charge on any atom is 0.261 e. The molecule has 2 atom stereocenters. The summed E-state index contributed by atoms with van der Waals surface area (Å²) in [6.45, 7) is 9.71. The van der Waals surface area contributed by atoms with E-state index in [1.807, 2.05) is 20.8 Å². The van der Waals surface area contributed by atoms with E-state index in [-0.39, 0.29) is 18.4 Å². The number of hydroxylamine groups is 2. The molecule has 1 fully saturated rings. The van der Waals surface area contributed by atoms with Crippen molar-refractivity contribution in [3.8, 4) is 5.75 Å². The molecule has 1 aromatic heterocycles. The molecule has 1 aromatic rings. The van der Waals surface area contributed by atoms with Crippen LogP contribution >= 0.6 is 0 Å². The minimum absolute atomic E-state index is 0.0246. The molecule has 0 spiro atoms. The van der Waals surface area contributed by atoms with Crippen molar-refractivity contribution < 1.29 is 19.2 Å². The first-order chi connectivity index (χ1) is 12.5. The third kappa shape index (κ3) is 3.08. The van der Waals surface area contributed by atoms with E-state index in [2.05, 4.69) is 11.6 Å². The summed E-state index contributed by atoms with van der Waals surface area (Å²) in [7, 11) is 0. The zero-order valence-electron chi connectivity index (χ0n) is 15.2. The zero-order chi connectivity index (χ0) is 18.8. The number of carbonyl (C=O) groups is 2. The third-order valence-electron chi connectivity index (χ3n) is 4.72. The van der Waals surface area contributed by atoms with E-state index < -0.39 is 11.8 Å². The molecule has 0 radical (unpaired) electrons. The Bertz CT molecular complexity index is 796. The molecule has 26 heavy (non-hydrogen) atoms. The van der Waals surface area contributed by atoms with Crippen LogP contribution in [0.3, 0.4) is 0 Å². The van der Waals surface area contributed by atoms with E-state index in [1.54, 1.807) is 30.4 Å². The second-order valence-corrected chi connectivity index (χ2v) is 6.38. The fraction of sp³-hybridized carbons (Fsp3) is 0.350. The second-order valence-electron chi connectivity index (χ2n) is 6.38. The Morgan fingerprint density at radius 2 is 1.73 bits per heavy atom. The Kier molecular flexibility index (Phi) is 5.04. The number of fused-ring (bicyclic) bond motifs is 1. The predicted octanol–water partition coefficient (Wildman–Crippen LogP) is 2.73. The van der Waals surface area contributed by atoms with Gasteiger partial charge in [0.2, 0.25) is 0 Å². The molecule has 2 heterocycles. The lowest BCUT2D eigenvalue weighted by molar-refractivity contribution is -0.192. The summed E-state index contributed by atoms with van der Waals surface area (Å²) in [5.74, 6) is -0.996. The number of hydrogen-bond donors (Lipinski definition) is 0. The van der Waals surface area contributed by atoms with Gasteiger partial charge < -0.3 is 4.74 Å². The number of rotatable bonds is 6. The molecule has 1 aliphatic carbocycles. The summed E-state index contributed by atoms with van der Waals surface area (Å²) >= 11 is 0. The summed E-state index contributed by atoms with van der Waals surface area (Å²) in [5, 5.41) is 0.876. The van der Waals surface area contributed by atoms with Crippen LogP contribution < -0.4 is 4.74 Å².